The summed E-state index contributed by atoms with van der Waals surface area (Å²) in [6, 6.07) is 4.31. The number of benzene rings is 1. The van der Waals surface area contributed by atoms with Crippen LogP contribution in [0.1, 0.15) is 38.3 Å². The molecule has 4 aliphatic rings. The quantitative estimate of drug-likeness (QED) is 0.602. The molecular weight excluding hydrogens is 482 g/mol. The third-order valence-electron chi connectivity index (χ3n) is 9.25. The lowest BCUT2D eigenvalue weighted by molar-refractivity contribution is -0.152. The number of carbonyl (C=O) groups excluding carboxylic acids is 3. The number of hydrogen-bond donors (Lipinski definition) is 1. The standard InChI is InChI=1S/C30H39N3O5/c1-7-18(2)21(17-34)33-25-28(37)32(24-19(3)11-8-12-20(24)4)16-10-14-30(25)23(27(33)36)22-26(35)31(6)15-9-13-29(22,5)38-30/h8-14,18,21-23,25,34H,7,15-17H2,1-6H3/t18-,21-,22+,23-,25?,29-,30-/m0/s1. The Labute approximate surface area is 224 Å². The molecule has 1 spiro atoms. The van der Waals surface area contributed by atoms with E-state index in [9.17, 15) is 19.5 Å². The zero-order valence-electron chi connectivity index (χ0n) is 23.2. The van der Waals surface area contributed by atoms with E-state index in [2.05, 4.69) is 0 Å². The molecule has 8 heteroatoms. The fraction of sp³-hybridized carbons (Fsp3) is 0.567. The molecular formula is C30H39N3O5. The molecule has 204 valence electrons. The number of nitrogens with zero attached hydrogens (tertiary/aromatic N) is 3. The fourth-order valence-electron chi connectivity index (χ4n) is 7.19. The van der Waals surface area contributed by atoms with Crippen LogP contribution >= 0.6 is 0 Å². The van der Waals surface area contributed by atoms with Crippen LogP contribution < -0.4 is 4.90 Å². The van der Waals surface area contributed by atoms with Crippen molar-refractivity contribution in [2.24, 2.45) is 17.8 Å². The first-order valence-electron chi connectivity index (χ1n) is 13.6. The second-order valence-electron chi connectivity index (χ2n) is 11.6. The smallest absolute Gasteiger partial charge is 0.253 e. The van der Waals surface area contributed by atoms with Gasteiger partial charge in [-0.1, -0.05) is 62.8 Å². The van der Waals surface area contributed by atoms with Crippen LogP contribution in [-0.4, -0.2) is 82.7 Å². The number of fused-ring (bicyclic) bond motifs is 2. The van der Waals surface area contributed by atoms with E-state index in [-0.39, 0.29) is 30.2 Å². The average molecular weight is 522 g/mol. The van der Waals surface area contributed by atoms with Gasteiger partial charge in [0.15, 0.2) is 0 Å². The van der Waals surface area contributed by atoms with Crippen molar-refractivity contribution in [2.75, 3.05) is 31.6 Å². The van der Waals surface area contributed by atoms with Gasteiger partial charge in [0.05, 0.1) is 30.1 Å². The van der Waals surface area contributed by atoms with Crippen molar-refractivity contribution in [3.05, 3.63) is 53.6 Å². The van der Waals surface area contributed by atoms with E-state index >= 15 is 0 Å². The SMILES string of the molecule is CC[C@H](C)[C@H](CO)N1C(=O)[C@@H]2[C@@H]3C(=O)N(C)CC=C[C@]3(C)O[C@@]23C=CCN(c2c(C)cccc2C)C(=O)C13. The van der Waals surface area contributed by atoms with E-state index in [1.165, 1.54) is 0 Å². The summed E-state index contributed by atoms with van der Waals surface area (Å²) >= 11 is 0. The van der Waals surface area contributed by atoms with Crippen molar-refractivity contribution in [1.82, 2.24) is 9.80 Å². The molecule has 8 nitrogen and oxygen atoms in total. The summed E-state index contributed by atoms with van der Waals surface area (Å²) < 4.78 is 6.86. The van der Waals surface area contributed by atoms with Crippen LogP contribution in [0.2, 0.25) is 0 Å². The molecule has 0 bridgehead atoms. The molecule has 2 saturated heterocycles. The van der Waals surface area contributed by atoms with Gasteiger partial charge < -0.3 is 24.5 Å². The van der Waals surface area contributed by atoms with E-state index in [0.29, 0.717) is 13.1 Å². The van der Waals surface area contributed by atoms with Crippen LogP contribution in [0.5, 0.6) is 0 Å². The molecule has 1 N–H and O–H groups in total. The summed E-state index contributed by atoms with van der Waals surface area (Å²) in [5, 5.41) is 10.5. The lowest BCUT2D eigenvalue weighted by atomic mass is 9.74. The molecule has 7 atom stereocenters. The van der Waals surface area contributed by atoms with Gasteiger partial charge in [0.1, 0.15) is 11.6 Å². The van der Waals surface area contributed by atoms with Gasteiger partial charge in [-0.2, -0.15) is 0 Å². The number of rotatable bonds is 5. The molecule has 2 fully saturated rings. The Hall–Kier alpha value is -2.97. The first-order valence-corrected chi connectivity index (χ1v) is 13.6. The van der Waals surface area contributed by atoms with Crippen molar-refractivity contribution >= 4 is 23.4 Å². The topological polar surface area (TPSA) is 90.4 Å². The minimum absolute atomic E-state index is 0.0627. The molecule has 0 radical (unpaired) electrons. The Morgan fingerprint density at radius 3 is 2.32 bits per heavy atom. The lowest BCUT2D eigenvalue weighted by Crippen LogP contribution is -2.60. The van der Waals surface area contributed by atoms with Crippen LogP contribution in [-0.2, 0) is 19.1 Å². The predicted molar refractivity (Wildman–Crippen MR) is 144 cm³/mol. The van der Waals surface area contributed by atoms with Gasteiger partial charge in [-0.15, -0.1) is 0 Å². The highest BCUT2D eigenvalue weighted by Crippen LogP contribution is 2.58. The number of aliphatic hydroxyl groups is 1. The van der Waals surface area contributed by atoms with Crippen LogP contribution in [0.15, 0.2) is 42.5 Å². The van der Waals surface area contributed by atoms with Crippen molar-refractivity contribution in [2.45, 2.75) is 64.3 Å². The molecule has 0 aromatic heterocycles. The molecule has 3 amide bonds. The number of para-hydroxylation sites is 1. The highest BCUT2D eigenvalue weighted by atomic mass is 16.5. The Morgan fingerprint density at radius 2 is 1.68 bits per heavy atom. The average Bonchev–Trinajstić information content (AvgIpc) is 3.15. The van der Waals surface area contributed by atoms with Gasteiger partial charge in [-0.3, -0.25) is 14.4 Å². The zero-order chi connectivity index (χ0) is 27.6. The Kier molecular flexibility index (Phi) is 6.55. The summed E-state index contributed by atoms with van der Waals surface area (Å²) in [4.78, 5) is 47.9. The molecule has 4 heterocycles. The van der Waals surface area contributed by atoms with E-state index in [4.69, 9.17) is 4.74 Å². The van der Waals surface area contributed by atoms with Crippen LogP contribution in [0.4, 0.5) is 5.69 Å². The minimum atomic E-state index is -1.34. The van der Waals surface area contributed by atoms with Crippen LogP contribution in [0.3, 0.4) is 0 Å². The normalized spacial score (nSPS) is 34.1. The van der Waals surface area contributed by atoms with Gasteiger partial charge >= 0.3 is 0 Å². The van der Waals surface area contributed by atoms with E-state index in [1.807, 2.05) is 77.1 Å². The number of carbonyl (C=O) groups is 3. The maximum absolute atomic E-state index is 14.7. The van der Waals surface area contributed by atoms with Crippen molar-refractivity contribution < 1.29 is 24.2 Å². The van der Waals surface area contributed by atoms with Gasteiger partial charge in [0.25, 0.3) is 5.91 Å². The number of aliphatic hydroxyl groups excluding tert-OH is 1. The third kappa shape index (κ3) is 3.60. The minimum Gasteiger partial charge on any atom is -0.394 e. The Balaban J connectivity index is 1.72. The maximum atomic E-state index is 14.7. The number of amides is 3. The van der Waals surface area contributed by atoms with Crippen LogP contribution in [0.25, 0.3) is 0 Å². The molecule has 38 heavy (non-hydrogen) atoms. The second-order valence-corrected chi connectivity index (χ2v) is 11.6. The first kappa shape index (κ1) is 26.6. The number of hydrogen-bond acceptors (Lipinski definition) is 5. The summed E-state index contributed by atoms with van der Waals surface area (Å²) in [5.74, 6) is -2.46. The third-order valence-corrected chi connectivity index (χ3v) is 9.25. The number of anilines is 1. The molecule has 4 aliphatic heterocycles. The van der Waals surface area contributed by atoms with E-state index in [1.54, 1.807) is 21.7 Å². The van der Waals surface area contributed by atoms with Gasteiger partial charge in [-0.25, -0.2) is 0 Å². The fourth-order valence-corrected chi connectivity index (χ4v) is 7.19. The largest absolute Gasteiger partial charge is 0.394 e. The van der Waals surface area contributed by atoms with Crippen LogP contribution in [0, 0.1) is 31.6 Å². The molecule has 1 aromatic rings. The molecule has 0 saturated carbocycles. The summed E-state index contributed by atoms with van der Waals surface area (Å²) in [6.07, 6.45) is 8.25. The number of aryl methyl sites for hydroxylation is 2. The highest BCUT2D eigenvalue weighted by Gasteiger charge is 2.75. The second kappa shape index (κ2) is 9.35. The number of ether oxygens (including phenoxy) is 1. The van der Waals surface area contributed by atoms with Gasteiger partial charge in [0, 0.05) is 25.8 Å². The van der Waals surface area contributed by atoms with E-state index < -0.39 is 35.1 Å². The van der Waals surface area contributed by atoms with Crippen molar-refractivity contribution in [1.29, 1.82) is 0 Å². The summed E-state index contributed by atoms with van der Waals surface area (Å²) in [5.41, 5.74) is 0.349. The molecule has 1 unspecified atom stereocenters. The summed E-state index contributed by atoms with van der Waals surface area (Å²) in [7, 11) is 1.73. The Bertz CT molecular complexity index is 1210. The maximum Gasteiger partial charge on any atom is 0.253 e. The van der Waals surface area contributed by atoms with E-state index in [0.717, 1.165) is 23.2 Å². The van der Waals surface area contributed by atoms with Crippen molar-refractivity contribution in [3.63, 3.8) is 0 Å². The number of likely N-dealkylation sites (N-methyl/N-ethyl adjacent to an activating group) is 1. The summed E-state index contributed by atoms with van der Waals surface area (Å²) in [6.45, 7) is 10.2. The van der Waals surface area contributed by atoms with Gasteiger partial charge in [-0.05, 0) is 37.8 Å². The van der Waals surface area contributed by atoms with Gasteiger partial charge in [0.2, 0.25) is 11.8 Å². The molecule has 0 aliphatic carbocycles. The lowest BCUT2D eigenvalue weighted by Gasteiger charge is -2.41. The highest BCUT2D eigenvalue weighted by molar-refractivity contribution is 6.06. The Morgan fingerprint density at radius 1 is 1.03 bits per heavy atom. The predicted octanol–water partition coefficient (Wildman–Crippen LogP) is 2.61. The molecule has 1 aromatic carbocycles. The first-order chi connectivity index (χ1) is 18.0. The molecule has 5 rings (SSSR count). The van der Waals surface area contributed by atoms with Crippen molar-refractivity contribution in [3.8, 4) is 0 Å². The number of likely N-dealkylation sites (tertiary alicyclic amines) is 1. The monoisotopic (exact) mass is 521 g/mol. The zero-order valence-corrected chi connectivity index (χ0v) is 23.2.